The van der Waals surface area contributed by atoms with Gasteiger partial charge >= 0.3 is 0 Å². The van der Waals surface area contributed by atoms with Gasteiger partial charge in [-0.2, -0.15) is 0 Å². The summed E-state index contributed by atoms with van der Waals surface area (Å²) in [6.45, 7) is 2.73. The van der Waals surface area contributed by atoms with Gasteiger partial charge in [0.15, 0.2) is 0 Å². The van der Waals surface area contributed by atoms with Gasteiger partial charge in [-0.3, -0.25) is 9.78 Å². The second-order valence-corrected chi connectivity index (χ2v) is 5.46. The van der Waals surface area contributed by atoms with E-state index < -0.39 is 0 Å². The number of pyridine rings is 1. The first-order valence-corrected chi connectivity index (χ1v) is 6.71. The number of nitrogen functional groups attached to an aromatic ring is 1. The van der Waals surface area contributed by atoms with Crippen molar-refractivity contribution in [3.05, 3.63) is 24.0 Å². The Balaban J connectivity index is 1.95. The second kappa shape index (κ2) is 6.02. The quantitative estimate of drug-likeness (QED) is 0.885. The van der Waals surface area contributed by atoms with Crippen LogP contribution in [-0.4, -0.2) is 54.4 Å². The number of likely N-dealkylation sites (tertiary alicyclic amines) is 1. The molecular weight excluding hydrogens is 240 g/mol. The van der Waals surface area contributed by atoms with E-state index in [9.17, 15) is 4.79 Å². The van der Waals surface area contributed by atoms with Crippen molar-refractivity contribution in [2.24, 2.45) is 5.92 Å². The van der Waals surface area contributed by atoms with E-state index in [2.05, 4.69) is 24.0 Å². The lowest BCUT2D eigenvalue weighted by atomic mass is 9.96. The van der Waals surface area contributed by atoms with Crippen LogP contribution in [0.5, 0.6) is 0 Å². The van der Waals surface area contributed by atoms with Crippen LogP contribution in [0.15, 0.2) is 18.5 Å². The van der Waals surface area contributed by atoms with E-state index in [0.717, 1.165) is 32.5 Å². The molecule has 0 aromatic carbocycles. The summed E-state index contributed by atoms with van der Waals surface area (Å²) in [5, 5.41) is 0. The molecule has 0 saturated carbocycles. The van der Waals surface area contributed by atoms with Crippen LogP contribution in [0.3, 0.4) is 0 Å². The Hall–Kier alpha value is -1.62. The van der Waals surface area contributed by atoms with Crippen molar-refractivity contribution in [2.45, 2.75) is 12.8 Å². The Morgan fingerprint density at radius 3 is 2.74 bits per heavy atom. The highest BCUT2D eigenvalue weighted by atomic mass is 16.2. The molecule has 0 aliphatic carbocycles. The first-order valence-electron chi connectivity index (χ1n) is 6.71. The lowest BCUT2D eigenvalue weighted by molar-refractivity contribution is 0.0679. The molecule has 1 aromatic heterocycles. The molecule has 1 aliphatic rings. The van der Waals surface area contributed by atoms with Gasteiger partial charge in [-0.15, -0.1) is 0 Å². The van der Waals surface area contributed by atoms with E-state index in [4.69, 9.17) is 5.73 Å². The summed E-state index contributed by atoms with van der Waals surface area (Å²) in [6, 6.07) is 1.70. The Morgan fingerprint density at radius 1 is 1.47 bits per heavy atom. The van der Waals surface area contributed by atoms with E-state index in [-0.39, 0.29) is 5.91 Å². The van der Waals surface area contributed by atoms with Crippen molar-refractivity contribution in [1.82, 2.24) is 14.8 Å². The lowest BCUT2D eigenvalue weighted by Gasteiger charge is -2.33. The number of nitrogens with two attached hydrogens (primary N) is 1. The number of piperidine rings is 1. The summed E-state index contributed by atoms with van der Waals surface area (Å²) in [7, 11) is 4.18. The average Bonchev–Trinajstić information content (AvgIpc) is 2.39. The highest BCUT2D eigenvalue weighted by molar-refractivity contribution is 5.98. The fraction of sp³-hybridized carbons (Fsp3) is 0.571. The van der Waals surface area contributed by atoms with Crippen LogP contribution in [0.25, 0.3) is 0 Å². The van der Waals surface area contributed by atoms with Gasteiger partial charge in [-0.1, -0.05) is 0 Å². The van der Waals surface area contributed by atoms with Gasteiger partial charge in [0.05, 0.1) is 17.4 Å². The Labute approximate surface area is 114 Å². The maximum absolute atomic E-state index is 12.4. The minimum absolute atomic E-state index is 0.0307. The summed E-state index contributed by atoms with van der Waals surface area (Å²) in [4.78, 5) is 20.4. The Kier molecular flexibility index (Phi) is 4.37. The van der Waals surface area contributed by atoms with Crippen LogP contribution >= 0.6 is 0 Å². The molecule has 0 unspecified atom stereocenters. The zero-order valence-corrected chi connectivity index (χ0v) is 11.7. The van der Waals surface area contributed by atoms with Crippen molar-refractivity contribution < 1.29 is 4.79 Å². The molecule has 2 heterocycles. The topological polar surface area (TPSA) is 62.5 Å². The van der Waals surface area contributed by atoms with Crippen LogP contribution < -0.4 is 5.73 Å². The summed E-state index contributed by atoms with van der Waals surface area (Å²) in [6.07, 6.45) is 5.28. The molecular formula is C14H22N4O. The second-order valence-electron chi connectivity index (χ2n) is 5.46. The number of nitrogens with zero attached hydrogens (tertiary/aromatic N) is 3. The molecule has 1 fully saturated rings. The molecule has 1 saturated heterocycles. The van der Waals surface area contributed by atoms with E-state index >= 15 is 0 Å². The van der Waals surface area contributed by atoms with Crippen LogP contribution in [-0.2, 0) is 0 Å². The highest BCUT2D eigenvalue weighted by Gasteiger charge is 2.24. The SMILES string of the molecule is CN(C)CC1CCN(C(=O)c2ccncc2N)CC1. The molecule has 1 aliphatic heterocycles. The van der Waals surface area contributed by atoms with Crippen molar-refractivity contribution in [3.63, 3.8) is 0 Å². The summed E-state index contributed by atoms with van der Waals surface area (Å²) < 4.78 is 0. The zero-order chi connectivity index (χ0) is 13.8. The van der Waals surface area contributed by atoms with Crippen molar-refractivity contribution in [2.75, 3.05) is 39.5 Å². The highest BCUT2D eigenvalue weighted by Crippen LogP contribution is 2.21. The van der Waals surface area contributed by atoms with Gasteiger partial charge in [0.2, 0.25) is 0 Å². The monoisotopic (exact) mass is 262 g/mol. The van der Waals surface area contributed by atoms with E-state index in [1.807, 2.05) is 4.90 Å². The number of carbonyl (C=O) groups excluding carboxylic acids is 1. The van der Waals surface area contributed by atoms with E-state index in [1.54, 1.807) is 12.3 Å². The molecule has 5 nitrogen and oxygen atoms in total. The number of anilines is 1. The number of amides is 1. The third-order valence-electron chi connectivity index (χ3n) is 3.61. The molecule has 0 bridgehead atoms. The van der Waals surface area contributed by atoms with Gasteiger partial charge in [0.25, 0.3) is 5.91 Å². The van der Waals surface area contributed by atoms with Crippen LogP contribution in [0.2, 0.25) is 0 Å². The minimum Gasteiger partial charge on any atom is -0.397 e. The molecule has 2 N–H and O–H groups in total. The fourth-order valence-electron chi connectivity index (χ4n) is 2.61. The molecule has 1 amide bonds. The lowest BCUT2D eigenvalue weighted by Crippen LogP contribution is -2.40. The maximum atomic E-state index is 12.4. The molecule has 104 valence electrons. The first kappa shape index (κ1) is 13.8. The predicted molar refractivity (Wildman–Crippen MR) is 75.8 cm³/mol. The number of rotatable bonds is 3. The van der Waals surface area contributed by atoms with Gasteiger partial charge < -0.3 is 15.5 Å². The third kappa shape index (κ3) is 3.44. The third-order valence-corrected chi connectivity index (χ3v) is 3.61. The molecule has 0 spiro atoms. The standard InChI is InChI=1S/C14H22N4O/c1-17(2)10-11-4-7-18(8-5-11)14(19)12-3-6-16-9-13(12)15/h3,6,9,11H,4-5,7-8,10,15H2,1-2H3. The van der Waals surface area contributed by atoms with E-state index in [1.165, 1.54) is 6.20 Å². The van der Waals surface area contributed by atoms with Crippen LogP contribution in [0.1, 0.15) is 23.2 Å². The van der Waals surface area contributed by atoms with Crippen molar-refractivity contribution >= 4 is 11.6 Å². The van der Waals surface area contributed by atoms with Gasteiger partial charge in [-0.25, -0.2) is 0 Å². The van der Waals surface area contributed by atoms with Crippen LogP contribution in [0.4, 0.5) is 5.69 Å². The number of carbonyl (C=O) groups is 1. The number of aromatic nitrogens is 1. The summed E-state index contributed by atoms with van der Waals surface area (Å²) in [5.41, 5.74) is 6.84. The largest absolute Gasteiger partial charge is 0.397 e. The molecule has 0 atom stereocenters. The van der Waals surface area contributed by atoms with Crippen molar-refractivity contribution in [3.8, 4) is 0 Å². The number of hydrogen-bond donors (Lipinski definition) is 1. The molecule has 5 heteroatoms. The molecule has 19 heavy (non-hydrogen) atoms. The zero-order valence-electron chi connectivity index (χ0n) is 11.7. The Morgan fingerprint density at radius 2 is 2.16 bits per heavy atom. The average molecular weight is 262 g/mol. The summed E-state index contributed by atoms with van der Waals surface area (Å²) >= 11 is 0. The number of hydrogen-bond acceptors (Lipinski definition) is 4. The minimum atomic E-state index is 0.0307. The smallest absolute Gasteiger partial charge is 0.256 e. The van der Waals surface area contributed by atoms with Gasteiger partial charge in [0, 0.05) is 25.8 Å². The molecule has 1 aromatic rings. The maximum Gasteiger partial charge on any atom is 0.256 e. The van der Waals surface area contributed by atoms with E-state index in [0.29, 0.717) is 17.2 Å². The van der Waals surface area contributed by atoms with Crippen molar-refractivity contribution in [1.29, 1.82) is 0 Å². The van der Waals surface area contributed by atoms with Crippen LogP contribution in [0, 0.1) is 5.92 Å². The fourth-order valence-corrected chi connectivity index (χ4v) is 2.61. The van der Waals surface area contributed by atoms with Gasteiger partial charge in [0.1, 0.15) is 0 Å². The first-order chi connectivity index (χ1) is 9.08. The molecule has 0 radical (unpaired) electrons. The Bertz CT molecular complexity index is 439. The summed E-state index contributed by atoms with van der Waals surface area (Å²) in [5.74, 6) is 0.719. The predicted octanol–water partition coefficient (Wildman–Crippen LogP) is 1.08. The molecule has 2 rings (SSSR count). The van der Waals surface area contributed by atoms with Gasteiger partial charge in [-0.05, 0) is 38.9 Å². The normalized spacial score (nSPS) is 16.9.